The molecule has 3 aliphatic rings. The number of pyridine rings is 1. The van der Waals surface area contributed by atoms with Crippen molar-refractivity contribution in [2.75, 3.05) is 40.9 Å². The van der Waals surface area contributed by atoms with Crippen molar-refractivity contribution < 1.29 is 14.5 Å². The zero-order valence-electron chi connectivity index (χ0n) is 17.7. The van der Waals surface area contributed by atoms with Crippen LogP contribution >= 0.6 is 0 Å². The van der Waals surface area contributed by atoms with Gasteiger partial charge in [-0.1, -0.05) is 18.9 Å². The summed E-state index contributed by atoms with van der Waals surface area (Å²) in [5.41, 5.74) is 0.733. The van der Waals surface area contributed by atoms with Crippen molar-refractivity contribution in [3.05, 3.63) is 52.7 Å². The number of carbonyl (C=O) groups is 2. The van der Waals surface area contributed by atoms with Gasteiger partial charge < -0.3 is 9.80 Å². The van der Waals surface area contributed by atoms with E-state index in [2.05, 4.69) is 9.88 Å². The zero-order chi connectivity index (χ0) is 22.2. The lowest BCUT2D eigenvalue weighted by Gasteiger charge is -2.36. The van der Waals surface area contributed by atoms with Crippen molar-refractivity contribution in [2.45, 2.75) is 25.7 Å². The SMILES string of the molecule is O=C1C2CCCCC2C(=O)N1c1ccc(N2CCN(c3ccccn3)CC2)c([N+](=O)[O-])c1. The molecule has 1 aromatic heterocycles. The smallest absolute Gasteiger partial charge is 0.294 e. The van der Waals surface area contributed by atoms with Crippen LogP contribution in [0.5, 0.6) is 0 Å². The molecule has 2 saturated heterocycles. The Hall–Kier alpha value is -3.49. The Balaban J connectivity index is 1.38. The van der Waals surface area contributed by atoms with Crippen molar-refractivity contribution in [2.24, 2.45) is 11.8 Å². The number of hydrogen-bond donors (Lipinski definition) is 0. The molecule has 9 nitrogen and oxygen atoms in total. The van der Waals surface area contributed by atoms with Gasteiger partial charge in [-0.3, -0.25) is 19.7 Å². The van der Waals surface area contributed by atoms with Crippen LogP contribution < -0.4 is 14.7 Å². The molecule has 32 heavy (non-hydrogen) atoms. The Kier molecular flexibility index (Phi) is 5.24. The van der Waals surface area contributed by atoms with Gasteiger partial charge in [-0.25, -0.2) is 9.88 Å². The molecule has 1 saturated carbocycles. The molecule has 1 aliphatic carbocycles. The van der Waals surface area contributed by atoms with E-state index >= 15 is 0 Å². The zero-order valence-corrected chi connectivity index (χ0v) is 17.7. The molecule has 0 radical (unpaired) electrons. The number of hydrogen-bond acceptors (Lipinski definition) is 7. The summed E-state index contributed by atoms with van der Waals surface area (Å²) in [5.74, 6) is -0.106. The van der Waals surface area contributed by atoms with Crippen LogP contribution in [-0.4, -0.2) is 47.9 Å². The summed E-state index contributed by atoms with van der Waals surface area (Å²) in [6.45, 7) is 2.62. The Morgan fingerprint density at radius 3 is 2.16 bits per heavy atom. The summed E-state index contributed by atoms with van der Waals surface area (Å²) in [7, 11) is 0. The van der Waals surface area contributed by atoms with E-state index in [9.17, 15) is 19.7 Å². The molecule has 2 aromatic rings. The van der Waals surface area contributed by atoms with Crippen LogP contribution in [0, 0.1) is 22.0 Å². The van der Waals surface area contributed by atoms with Gasteiger partial charge in [0, 0.05) is 38.4 Å². The van der Waals surface area contributed by atoms with E-state index < -0.39 is 4.92 Å². The van der Waals surface area contributed by atoms with E-state index in [0.29, 0.717) is 50.4 Å². The Morgan fingerprint density at radius 1 is 0.906 bits per heavy atom. The Labute approximate surface area is 185 Å². The summed E-state index contributed by atoms with van der Waals surface area (Å²) < 4.78 is 0. The molecule has 2 amide bonds. The second kappa shape index (κ2) is 8.22. The average molecular weight is 435 g/mol. The number of rotatable bonds is 4. The fourth-order valence-electron chi connectivity index (χ4n) is 5.20. The molecule has 2 unspecified atom stereocenters. The average Bonchev–Trinajstić information content (AvgIpc) is 3.09. The number of nitrogens with zero attached hydrogens (tertiary/aromatic N) is 5. The van der Waals surface area contributed by atoms with E-state index in [1.165, 1.54) is 11.0 Å². The van der Waals surface area contributed by atoms with Crippen LogP contribution in [0.4, 0.5) is 22.9 Å². The third kappa shape index (κ3) is 3.47. The second-order valence-corrected chi connectivity index (χ2v) is 8.60. The van der Waals surface area contributed by atoms with Gasteiger partial charge >= 0.3 is 0 Å². The highest BCUT2D eigenvalue weighted by Gasteiger charge is 2.49. The Morgan fingerprint density at radius 2 is 1.56 bits per heavy atom. The molecular weight excluding hydrogens is 410 g/mol. The highest BCUT2D eigenvalue weighted by molar-refractivity contribution is 6.22. The topological polar surface area (TPSA) is 99.9 Å². The van der Waals surface area contributed by atoms with E-state index in [1.54, 1.807) is 18.3 Å². The monoisotopic (exact) mass is 435 g/mol. The number of piperazine rings is 1. The van der Waals surface area contributed by atoms with Crippen LogP contribution in [-0.2, 0) is 9.59 Å². The second-order valence-electron chi connectivity index (χ2n) is 8.60. The molecule has 2 aliphatic heterocycles. The van der Waals surface area contributed by atoms with Gasteiger partial charge in [0.1, 0.15) is 11.5 Å². The highest BCUT2D eigenvalue weighted by atomic mass is 16.6. The summed E-state index contributed by atoms with van der Waals surface area (Å²) >= 11 is 0. The molecule has 166 valence electrons. The quantitative estimate of drug-likeness (QED) is 0.413. The minimum Gasteiger partial charge on any atom is -0.362 e. The van der Waals surface area contributed by atoms with Crippen LogP contribution in [0.25, 0.3) is 0 Å². The third-order valence-electron chi connectivity index (χ3n) is 6.85. The lowest BCUT2D eigenvalue weighted by molar-refractivity contribution is -0.384. The predicted octanol–water partition coefficient (Wildman–Crippen LogP) is 3.00. The van der Waals surface area contributed by atoms with Gasteiger partial charge in [0.15, 0.2) is 0 Å². The van der Waals surface area contributed by atoms with Gasteiger partial charge in [-0.15, -0.1) is 0 Å². The van der Waals surface area contributed by atoms with Crippen molar-refractivity contribution in [3.8, 4) is 0 Å². The van der Waals surface area contributed by atoms with Crippen LogP contribution in [0.1, 0.15) is 25.7 Å². The number of aromatic nitrogens is 1. The number of anilines is 3. The molecular formula is C23H25N5O4. The van der Waals surface area contributed by atoms with Crippen molar-refractivity contribution >= 4 is 34.7 Å². The minimum atomic E-state index is -0.429. The maximum Gasteiger partial charge on any atom is 0.294 e. The maximum absolute atomic E-state index is 12.9. The normalized spacial score (nSPS) is 23.4. The standard InChI is InChI=1S/C23H25N5O4/c29-22-17-5-1-2-6-18(17)23(30)27(22)16-8-9-19(20(15-16)28(31)32)25-11-13-26(14-12-25)21-7-3-4-10-24-21/h3-4,7-10,15,17-18H,1-2,5-6,11-14H2. The van der Waals surface area contributed by atoms with Crippen molar-refractivity contribution in [1.29, 1.82) is 0 Å². The van der Waals surface area contributed by atoms with Crippen LogP contribution in [0.2, 0.25) is 0 Å². The van der Waals surface area contributed by atoms with Gasteiger partial charge in [0.05, 0.1) is 22.4 Å². The first-order valence-electron chi connectivity index (χ1n) is 11.1. The number of carbonyl (C=O) groups excluding carboxylic acids is 2. The molecule has 9 heteroatoms. The molecule has 0 bridgehead atoms. The van der Waals surface area contributed by atoms with E-state index in [-0.39, 0.29) is 29.3 Å². The number of nitro groups is 1. The molecule has 0 N–H and O–H groups in total. The molecule has 0 spiro atoms. The lowest BCUT2D eigenvalue weighted by atomic mass is 9.81. The van der Waals surface area contributed by atoms with Crippen LogP contribution in [0.3, 0.4) is 0 Å². The van der Waals surface area contributed by atoms with E-state index in [4.69, 9.17) is 0 Å². The van der Waals surface area contributed by atoms with E-state index in [0.717, 1.165) is 18.7 Å². The number of amides is 2. The lowest BCUT2D eigenvalue weighted by Crippen LogP contribution is -2.47. The Bertz CT molecular complexity index is 1030. The maximum atomic E-state index is 12.9. The highest BCUT2D eigenvalue weighted by Crippen LogP contribution is 2.42. The van der Waals surface area contributed by atoms with Crippen molar-refractivity contribution in [3.63, 3.8) is 0 Å². The summed E-state index contributed by atoms with van der Waals surface area (Å²) in [4.78, 5) is 47.0. The first kappa shape index (κ1) is 20.4. The molecule has 2 atom stereocenters. The minimum absolute atomic E-state index is 0.0794. The summed E-state index contributed by atoms with van der Waals surface area (Å²) in [6, 6.07) is 10.5. The van der Waals surface area contributed by atoms with Gasteiger partial charge in [0.2, 0.25) is 11.8 Å². The third-order valence-corrected chi connectivity index (χ3v) is 6.85. The van der Waals surface area contributed by atoms with E-state index in [1.807, 2.05) is 23.1 Å². The molecule has 5 rings (SSSR count). The predicted molar refractivity (Wildman–Crippen MR) is 120 cm³/mol. The fourth-order valence-corrected chi connectivity index (χ4v) is 5.20. The largest absolute Gasteiger partial charge is 0.362 e. The summed E-state index contributed by atoms with van der Waals surface area (Å²) in [5, 5.41) is 11.9. The van der Waals surface area contributed by atoms with Gasteiger partial charge in [0.25, 0.3) is 5.69 Å². The van der Waals surface area contributed by atoms with Gasteiger partial charge in [-0.2, -0.15) is 0 Å². The number of nitro benzene ring substituents is 1. The summed E-state index contributed by atoms with van der Waals surface area (Å²) in [6.07, 6.45) is 5.07. The first-order chi connectivity index (χ1) is 15.5. The molecule has 1 aromatic carbocycles. The number of fused-ring (bicyclic) bond motifs is 1. The first-order valence-corrected chi connectivity index (χ1v) is 11.1. The van der Waals surface area contributed by atoms with Gasteiger partial charge in [-0.05, 0) is 37.1 Å². The fraction of sp³-hybridized carbons (Fsp3) is 0.435. The van der Waals surface area contributed by atoms with Crippen LogP contribution in [0.15, 0.2) is 42.6 Å². The number of benzene rings is 1. The number of imide groups is 1. The molecule has 3 heterocycles. The molecule has 3 fully saturated rings. The van der Waals surface area contributed by atoms with Crippen molar-refractivity contribution in [1.82, 2.24) is 4.98 Å².